The van der Waals surface area contributed by atoms with Crippen LogP contribution in [0.25, 0.3) is 0 Å². The third-order valence-electron chi connectivity index (χ3n) is 7.92. The standard InChI is InChI=1S/C32H46N6O8/c1-7-44-31(5,6)29(42)38-27(36-18-34)20-13-14-22(37-20)32(17-33)26(40)24(45-28(41)25(35)30(2,3)4)21(46-32)16-43-23(39)15-19-11-9-8-10-12-19/h8-13,18,21-26,37,39-40H,7,14-16,35H2,1-6H3,(H2,34,36,38,42)/t21-,22?,23?,24-,25-,26-,32+/m1/s1. The third-order valence-corrected chi connectivity index (χ3v) is 7.92. The van der Waals surface area contributed by atoms with Gasteiger partial charge in [0, 0.05) is 13.0 Å². The molecule has 1 amide bonds. The van der Waals surface area contributed by atoms with E-state index in [9.17, 15) is 25.1 Å². The molecule has 1 aromatic carbocycles. The zero-order chi connectivity index (χ0) is 34.3. The summed E-state index contributed by atoms with van der Waals surface area (Å²) in [6.07, 6.45) is -2.78. The second-order valence-electron chi connectivity index (χ2n) is 12.8. The van der Waals surface area contributed by atoms with Crippen LogP contribution in [0.2, 0.25) is 0 Å². The average Bonchev–Trinajstić information content (AvgIpc) is 3.59. The number of nitrogens with two attached hydrogens (primary N) is 1. The summed E-state index contributed by atoms with van der Waals surface area (Å²) in [6, 6.07) is 9.26. The number of esters is 1. The first-order valence-corrected chi connectivity index (χ1v) is 15.2. The summed E-state index contributed by atoms with van der Waals surface area (Å²) in [5.41, 5.74) is 3.40. The number of aliphatic hydroxyl groups is 2. The summed E-state index contributed by atoms with van der Waals surface area (Å²) in [5.74, 6) is -1.32. The lowest BCUT2D eigenvalue weighted by molar-refractivity contribution is -0.168. The molecule has 252 valence electrons. The minimum atomic E-state index is -1.97. The molecule has 0 aromatic heterocycles. The molecule has 0 saturated carbocycles. The Hall–Kier alpha value is -3.71. The summed E-state index contributed by atoms with van der Waals surface area (Å²) in [5, 5.41) is 45.8. The van der Waals surface area contributed by atoms with Crippen molar-refractivity contribution < 1.29 is 38.7 Å². The van der Waals surface area contributed by atoms with Crippen molar-refractivity contribution in [3.8, 4) is 6.07 Å². The Morgan fingerprint density at radius 1 is 1.30 bits per heavy atom. The number of nitriles is 1. The molecule has 2 aliphatic rings. The number of carbonyl (C=O) groups excluding carboxylic acids is 2. The van der Waals surface area contributed by atoms with Gasteiger partial charge >= 0.3 is 5.97 Å². The lowest BCUT2D eigenvalue weighted by Gasteiger charge is -2.32. The number of nitrogens with zero attached hydrogens (tertiary/aromatic N) is 2. The minimum Gasteiger partial charge on any atom is -0.455 e. The predicted octanol–water partition coefficient (Wildman–Crippen LogP) is 1.05. The fourth-order valence-electron chi connectivity index (χ4n) is 5.11. The van der Waals surface area contributed by atoms with E-state index in [1.54, 1.807) is 47.6 Å². The van der Waals surface area contributed by atoms with E-state index in [-0.39, 0.29) is 31.0 Å². The SMILES string of the molecule is CCOC(C)(C)C(=O)N/C(=N/C=N)C1=CCC([C@]2(C#N)O[C@H](COC(O)Cc3ccccc3)[C@@H](OC(=O)[C@@H](N)C(C)(C)C)[C@H]2O)N1. The Balaban J connectivity index is 1.84. The van der Waals surface area contributed by atoms with Gasteiger partial charge in [0.25, 0.3) is 5.91 Å². The van der Waals surface area contributed by atoms with Crippen molar-refractivity contribution in [1.82, 2.24) is 10.6 Å². The minimum absolute atomic E-state index is 0.00102. The highest BCUT2D eigenvalue weighted by Gasteiger charge is 2.62. The van der Waals surface area contributed by atoms with Gasteiger partial charge in [-0.1, -0.05) is 57.2 Å². The smallest absolute Gasteiger partial charge is 0.323 e. The number of rotatable bonds is 13. The summed E-state index contributed by atoms with van der Waals surface area (Å²) in [4.78, 5) is 30.0. The Morgan fingerprint density at radius 3 is 2.57 bits per heavy atom. The van der Waals surface area contributed by atoms with Gasteiger partial charge in [-0.05, 0) is 38.2 Å². The fraction of sp³-hybridized carbons (Fsp3) is 0.594. The molecular weight excluding hydrogens is 596 g/mol. The lowest BCUT2D eigenvalue weighted by Crippen LogP contribution is -2.57. The summed E-state index contributed by atoms with van der Waals surface area (Å²) >= 11 is 0. The molecule has 7 atom stereocenters. The van der Waals surface area contributed by atoms with Gasteiger partial charge in [-0.25, -0.2) is 4.99 Å². The van der Waals surface area contributed by atoms with Crippen molar-refractivity contribution in [2.45, 2.75) is 102 Å². The van der Waals surface area contributed by atoms with E-state index in [1.165, 1.54) is 0 Å². The first kappa shape index (κ1) is 36.8. The first-order valence-electron chi connectivity index (χ1n) is 15.2. The average molecular weight is 643 g/mol. The zero-order valence-electron chi connectivity index (χ0n) is 27.1. The normalized spacial score (nSPS) is 26.3. The van der Waals surface area contributed by atoms with Crippen LogP contribution in [0.5, 0.6) is 0 Å². The molecular formula is C32H46N6O8. The number of hydrogen-bond donors (Lipinski definition) is 6. The monoisotopic (exact) mass is 642 g/mol. The molecule has 0 bridgehead atoms. The topological polar surface area (TPSA) is 222 Å². The Kier molecular flexibility index (Phi) is 12.2. The second-order valence-corrected chi connectivity index (χ2v) is 12.8. The van der Waals surface area contributed by atoms with E-state index in [1.807, 2.05) is 30.3 Å². The molecule has 14 heteroatoms. The number of amides is 1. The number of amidine groups is 1. The Morgan fingerprint density at radius 2 is 1.98 bits per heavy atom. The van der Waals surface area contributed by atoms with Crippen LogP contribution < -0.4 is 16.4 Å². The lowest BCUT2D eigenvalue weighted by atomic mass is 9.86. The van der Waals surface area contributed by atoms with Crippen molar-refractivity contribution in [1.29, 1.82) is 10.7 Å². The van der Waals surface area contributed by atoms with Gasteiger partial charge in [0.15, 0.2) is 18.2 Å². The van der Waals surface area contributed by atoms with Gasteiger partial charge in [0.05, 0.1) is 18.3 Å². The molecule has 0 aliphatic carbocycles. The van der Waals surface area contributed by atoms with Crippen LogP contribution in [0.3, 0.4) is 0 Å². The zero-order valence-corrected chi connectivity index (χ0v) is 27.1. The maximum Gasteiger partial charge on any atom is 0.323 e. The predicted molar refractivity (Wildman–Crippen MR) is 168 cm³/mol. The molecule has 2 unspecified atom stereocenters. The van der Waals surface area contributed by atoms with Gasteiger partial charge in [0.1, 0.15) is 36.3 Å². The fourth-order valence-corrected chi connectivity index (χ4v) is 5.11. The molecule has 0 spiro atoms. The second kappa shape index (κ2) is 15.3. The number of carbonyl (C=O) groups is 2. The van der Waals surface area contributed by atoms with Crippen LogP contribution in [0, 0.1) is 22.2 Å². The van der Waals surface area contributed by atoms with E-state index in [0.29, 0.717) is 6.61 Å². The number of aliphatic hydroxyl groups excluding tert-OH is 2. The van der Waals surface area contributed by atoms with Gasteiger partial charge in [-0.3, -0.25) is 15.0 Å². The highest BCUT2D eigenvalue weighted by Crippen LogP contribution is 2.39. The van der Waals surface area contributed by atoms with Crippen LogP contribution in [0.1, 0.15) is 53.5 Å². The highest BCUT2D eigenvalue weighted by molar-refractivity contribution is 6.11. The number of benzene rings is 1. The first-order chi connectivity index (χ1) is 21.6. The third kappa shape index (κ3) is 8.55. The van der Waals surface area contributed by atoms with E-state index in [2.05, 4.69) is 21.7 Å². The number of hydrogen-bond acceptors (Lipinski definition) is 12. The quantitative estimate of drug-likeness (QED) is 0.0772. The summed E-state index contributed by atoms with van der Waals surface area (Å²) < 4.78 is 23.0. The number of nitrogens with one attached hydrogen (secondary N) is 3. The van der Waals surface area contributed by atoms with Crippen molar-refractivity contribution in [2.24, 2.45) is 16.1 Å². The van der Waals surface area contributed by atoms with E-state index < -0.39 is 65.2 Å². The molecule has 7 N–H and O–H groups in total. The molecule has 3 rings (SSSR count). The van der Waals surface area contributed by atoms with Crippen LogP contribution >= 0.6 is 0 Å². The van der Waals surface area contributed by atoms with Gasteiger partial charge in [-0.2, -0.15) is 5.26 Å². The van der Waals surface area contributed by atoms with Gasteiger partial charge in [-0.15, -0.1) is 0 Å². The molecule has 46 heavy (non-hydrogen) atoms. The van der Waals surface area contributed by atoms with Crippen molar-refractivity contribution in [3.05, 3.63) is 47.7 Å². The van der Waals surface area contributed by atoms with Crippen molar-refractivity contribution >= 4 is 24.1 Å². The van der Waals surface area contributed by atoms with Crippen LogP contribution in [-0.4, -0.2) is 95.4 Å². The molecule has 1 aromatic rings. The van der Waals surface area contributed by atoms with Crippen LogP contribution in [0.15, 0.2) is 47.1 Å². The largest absolute Gasteiger partial charge is 0.455 e. The maximum atomic E-state index is 13.1. The molecule has 0 radical (unpaired) electrons. The van der Waals surface area contributed by atoms with Gasteiger partial charge < -0.3 is 45.5 Å². The Bertz CT molecular complexity index is 1340. The van der Waals surface area contributed by atoms with Gasteiger partial charge in [0.2, 0.25) is 5.60 Å². The van der Waals surface area contributed by atoms with Crippen molar-refractivity contribution in [2.75, 3.05) is 13.2 Å². The Labute approximate surface area is 269 Å². The van der Waals surface area contributed by atoms with Crippen LogP contribution in [0.4, 0.5) is 0 Å². The van der Waals surface area contributed by atoms with Crippen LogP contribution in [-0.2, 0) is 35.0 Å². The molecule has 2 aliphatic heterocycles. The highest BCUT2D eigenvalue weighted by atomic mass is 16.6. The summed E-state index contributed by atoms with van der Waals surface area (Å²) in [6.45, 7) is 10.2. The van der Waals surface area contributed by atoms with E-state index in [4.69, 9.17) is 30.1 Å². The molecule has 2 heterocycles. The molecule has 14 nitrogen and oxygen atoms in total. The van der Waals surface area contributed by atoms with E-state index >= 15 is 0 Å². The van der Waals surface area contributed by atoms with Crippen molar-refractivity contribution in [3.63, 3.8) is 0 Å². The number of aliphatic imine (C=N–C) groups is 1. The number of ether oxygens (including phenoxy) is 4. The van der Waals surface area contributed by atoms with E-state index in [0.717, 1.165) is 11.9 Å². The molecule has 1 saturated heterocycles. The molecule has 1 fully saturated rings. The maximum absolute atomic E-state index is 13.1. The summed E-state index contributed by atoms with van der Waals surface area (Å²) in [7, 11) is 0.